The lowest BCUT2D eigenvalue weighted by Gasteiger charge is -2.11. The molecule has 0 bridgehead atoms. The van der Waals surface area contributed by atoms with E-state index < -0.39 is 16.0 Å². The van der Waals surface area contributed by atoms with Crippen molar-refractivity contribution in [1.82, 2.24) is 3.97 Å². The van der Waals surface area contributed by atoms with E-state index in [0.29, 0.717) is 17.0 Å². The van der Waals surface area contributed by atoms with Crippen molar-refractivity contribution in [2.75, 3.05) is 13.7 Å². The molecule has 0 aliphatic heterocycles. The number of aromatic nitrogens is 1. The maximum atomic E-state index is 13.2. The smallest absolute Gasteiger partial charge is 0.339 e. The number of methoxy groups -OCH3 is 1. The first-order valence-corrected chi connectivity index (χ1v) is 9.76. The van der Waals surface area contributed by atoms with Crippen molar-refractivity contribution in [3.05, 3.63) is 72.4 Å². The Morgan fingerprint density at radius 1 is 1.04 bits per heavy atom. The summed E-state index contributed by atoms with van der Waals surface area (Å²) in [6, 6.07) is 16.6. The molecule has 0 atom stereocenters. The molecule has 0 saturated carbocycles. The number of hydrogen-bond donors (Lipinski definition) is 0. The Kier molecular flexibility index (Phi) is 5.32. The van der Waals surface area contributed by atoms with Gasteiger partial charge in [-0.1, -0.05) is 30.3 Å². The molecular weight excluding hydrogens is 366 g/mol. The van der Waals surface area contributed by atoms with E-state index >= 15 is 0 Å². The van der Waals surface area contributed by atoms with E-state index in [1.54, 1.807) is 43.3 Å². The molecule has 2 aromatic carbocycles. The molecule has 0 radical (unpaired) electrons. The summed E-state index contributed by atoms with van der Waals surface area (Å²) in [4.78, 5) is 12.2. The Labute approximate surface area is 158 Å². The van der Waals surface area contributed by atoms with Crippen LogP contribution in [0.1, 0.15) is 17.3 Å². The molecule has 0 fully saturated rings. The second kappa shape index (κ2) is 7.67. The monoisotopic (exact) mass is 385 g/mol. The Bertz CT molecular complexity index is 1040. The van der Waals surface area contributed by atoms with Gasteiger partial charge in [0.2, 0.25) is 0 Å². The lowest BCUT2D eigenvalue weighted by Crippen LogP contribution is -2.13. The predicted molar refractivity (Wildman–Crippen MR) is 101 cm³/mol. The lowest BCUT2D eigenvalue weighted by atomic mass is 10.1. The maximum absolute atomic E-state index is 13.2. The van der Waals surface area contributed by atoms with Gasteiger partial charge < -0.3 is 9.47 Å². The van der Waals surface area contributed by atoms with Gasteiger partial charge in [-0.05, 0) is 42.8 Å². The Hall–Kier alpha value is -3.06. The largest absolute Gasteiger partial charge is 0.497 e. The molecule has 6 nitrogen and oxygen atoms in total. The summed E-state index contributed by atoms with van der Waals surface area (Å²) in [5, 5.41) is 0. The number of esters is 1. The van der Waals surface area contributed by atoms with E-state index in [2.05, 4.69) is 0 Å². The molecule has 0 aliphatic rings. The Morgan fingerprint density at radius 3 is 2.30 bits per heavy atom. The minimum absolute atomic E-state index is 0.0893. The molecule has 0 unspecified atom stereocenters. The van der Waals surface area contributed by atoms with Gasteiger partial charge >= 0.3 is 5.97 Å². The summed E-state index contributed by atoms with van der Waals surface area (Å²) in [5.74, 6) is -0.0182. The molecule has 140 valence electrons. The van der Waals surface area contributed by atoms with Gasteiger partial charge in [-0.25, -0.2) is 17.2 Å². The summed E-state index contributed by atoms with van der Waals surface area (Å²) in [6.45, 7) is 1.90. The average molecular weight is 385 g/mol. The van der Waals surface area contributed by atoms with Crippen molar-refractivity contribution in [2.45, 2.75) is 11.8 Å². The summed E-state index contributed by atoms with van der Waals surface area (Å²) >= 11 is 0. The SMILES string of the molecule is CCOC(=O)c1cc(-c2ccccc2)n(S(=O)(=O)c2ccc(OC)cc2)c1. The molecule has 7 heteroatoms. The quantitative estimate of drug-likeness (QED) is 0.607. The zero-order valence-corrected chi connectivity index (χ0v) is 15.8. The van der Waals surface area contributed by atoms with Crippen molar-refractivity contribution >= 4 is 16.0 Å². The van der Waals surface area contributed by atoms with Gasteiger partial charge in [-0.15, -0.1) is 0 Å². The second-order valence-electron chi connectivity index (χ2n) is 5.68. The topological polar surface area (TPSA) is 74.6 Å². The highest BCUT2D eigenvalue weighted by atomic mass is 32.2. The summed E-state index contributed by atoms with van der Waals surface area (Å²) in [7, 11) is -2.41. The lowest BCUT2D eigenvalue weighted by molar-refractivity contribution is 0.0526. The van der Waals surface area contributed by atoms with Crippen LogP contribution in [0.2, 0.25) is 0 Å². The van der Waals surface area contributed by atoms with E-state index in [9.17, 15) is 13.2 Å². The van der Waals surface area contributed by atoms with E-state index in [-0.39, 0.29) is 17.1 Å². The molecule has 3 rings (SSSR count). The van der Waals surface area contributed by atoms with Crippen LogP contribution in [-0.4, -0.2) is 32.1 Å². The summed E-state index contributed by atoms with van der Waals surface area (Å²) in [6.07, 6.45) is 1.29. The maximum Gasteiger partial charge on any atom is 0.339 e. The van der Waals surface area contributed by atoms with Gasteiger partial charge in [0.15, 0.2) is 0 Å². The molecule has 3 aromatic rings. The Balaban J connectivity index is 2.15. The molecule has 0 N–H and O–H groups in total. The van der Waals surface area contributed by atoms with E-state index in [0.717, 1.165) is 3.97 Å². The normalized spacial score (nSPS) is 11.2. The third-order valence-electron chi connectivity index (χ3n) is 3.98. The van der Waals surface area contributed by atoms with Crippen LogP contribution in [0.5, 0.6) is 5.75 Å². The first-order chi connectivity index (χ1) is 13.0. The zero-order chi connectivity index (χ0) is 19.4. The Morgan fingerprint density at radius 2 is 1.70 bits per heavy atom. The molecule has 27 heavy (non-hydrogen) atoms. The fourth-order valence-electron chi connectivity index (χ4n) is 2.65. The fourth-order valence-corrected chi connectivity index (χ4v) is 4.03. The van der Waals surface area contributed by atoms with Gasteiger partial charge in [-0.3, -0.25) is 0 Å². The van der Waals surface area contributed by atoms with Crippen molar-refractivity contribution in [3.63, 3.8) is 0 Å². The first kappa shape index (κ1) is 18.7. The highest BCUT2D eigenvalue weighted by Crippen LogP contribution is 2.28. The van der Waals surface area contributed by atoms with Crippen LogP contribution in [0.15, 0.2) is 71.8 Å². The van der Waals surface area contributed by atoms with Crippen molar-refractivity contribution < 1.29 is 22.7 Å². The predicted octanol–water partition coefficient (Wildman–Crippen LogP) is 3.58. The molecule has 0 aliphatic carbocycles. The molecule has 0 spiro atoms. The minimum atomic E-state index is -3.92. The van der Waals surface area contributed by atoms with E-state index in [1.807, 2.05) is 6.07 Å². The second-order valence-corrected chi connectivity index (χ2v) is 7.49. The van der Waals surface area contributed by atoms with Gasteiger partial charge in [0, 0.05) is 6.20 Å². The molecular formula is C20H19NO5S. The van der Waals surface area contributed by atoms with Gasteiger partial charge in [0.1, 0.15) is 5.75 Å². The summed E-state index contributed by atoms with van der Waals surface area (Å²) < 4.78 is 37.6. The highest BCUT2D eigenvalue weighted by molar-refractivity contribution is 7.90. The number of ether oxygens (including phenoxy) is 2. The summed E-state index contributed by atoms with van der Waals surface area (Å²) in [5.41, 5.74) is 1.23. The average Bonchev–Trinajstić information content (AvgIpc) is 3.15. The molecule has 1 heterocycles. The highest BCUT2D eigenvalue weighted by Gasteiger charge is 2.24. The zero-order valence-electron chi connectivity index (χ0n) is 15.0. The van der Waals surface area contributed by atoms with Crippen LogP contribution in [-0.2, 0) is 14.8 Å². The van der Waals surface area contributed by atoms with Gasteiger partial charge in [-0.2, -0.15) is 0 Å². The van der Waals surface area contributed by atoms with Gasteiger partial charge in [0.05, 0.1) is 29.9 Å². The molecule has 1 aromatic heterocycles. The minimum Gasteiger partial charge on any atom is -0.497 e. The number of nitrogens with zero attached hydrogens (tertiary/aromatic N) is 1. The third-order valence-corrected chi connectivity index (χ3v) is 5.67. The number of rotatable bonds is 6. The number of hydrogen-bond acceptors (Lipinski definition) is 5. The van der Waals surface area contributed by atoms with Gasteiger partial charge in [0.25, 0.3) is 10.0 Å². The van der Waals surface area contributed by atoms with Crippen molar-refractivity contribution in [2.24, 2.45) is 0 Å². The first-order valence-electron chi connectivity index (χ1n) is 8.32. The molecule has 0 saturated heterocycles. The number of carbonyl (C=O) groups is 1. The van der Waals surface area contributed by atoms with Crippen LogP contribution in [0.4, 0.5) is 0 Å². The fraction of sp³-hybridized carbons (Fsp3) is 0.150. The van der Waals surface area contributed by atoms with Crippen LogP contribution in [0.25, 0.3) is 11.3 Å². The van der Waals surface area contributed by atoms with E-state index in [4.69, 9.17) is 9.47 Å². The van der Waals surface area contributed by atoms with Crippen LogP contribution < -0.4 is 4.74 Å². The van der Waals surface area contributed by atoms with Crippen molar-refractivity contribution in [3.8, 4) is 17.0 Å². The molecule has 0 amide bonds. The van der Waals surface area contributed by atoms with Crippen LogP contribution in [0, 0.1) is 0 Å². The van der Waals surface area contributed by atoms with Crippen molar-refractivity contribution in [1.29, 1.82) is 0 Å². The number of benzene rings is 2. The third kappa shape index (κ3) is 3.73. The van der Waals surface area contributed by atoms with Crippen LogP contribution in [0.3, 0.4) is 0 Å². The number of carbonyl (C=O) groups excluding carboxylic acids is 1. The standard InChI is InChI=1S/C20H19NO5S/c1-3-26-20(22)16-13-19(15-7-5-4-6-8-15)21(14-16)27(23,24)18-11-9-17(25-2)10-12-18/h4-14H,3H2,1-2H3. The van der Waals surface area contributed by atoms with Crippen LogP contribution >= 0.6 is 0 Å². The van der Waals surface area contributed by atoms with E-state index in [1.165, 1.54) is 31.5 Å².